The highest BCUT2D eigenvalue weighted by Gasteiger charge is 2.36. The van der Waals surface area contributed by atoms with Crippen LogP contribution < -0.4 is 10.0 Å². The summed E-state index contributed by atoms with van der Waals surface area (Å²) in [7, 11) is 0. The van der Waals surface area contributed by atoms with Crippen LogP contribution >= 0.6 is 11.8 Å². The minimum atomic E-state index is -1.43. The number of carboxylic acids is 1. The van der Waals surface area contributed by atoms with Crippen molar-refractivity contribution in [2.75, 3.05) is 4.90 Å². The van der Waals surface area contributed by atoms with Gasteiger partial charge in [0.1, 0.15) is 0 Å². The Hall–Kier alpha value is -3.98. The molecule has 0 radical (unpaired) electrons. The van der Waals surface area contributed by atoms with Gasteiger partial charge in [0.15, 0.2) is 0 Å². The number of rotatable bonds is 5. The van der Waals surface area contributed by atoms with Gasteiger partial charge in [0.25, 0.3) is 17.5 Å². The molecule has 0 N–H and O–H groups in total. The summed E-state index contributed by atoms with van der Waals surface area (Å²) < 4.78 is 0. The second-order valence-electron chi connectivity index (χ2n) is 6.34. The zero-order chi connectivity index (χ0) is 21.4. The van der Waals surface area contributed by atoms with Gasteiger partial charge in [-0.3, -0.25) is 19.7 Å². The van der Waals surface area contributed by atoms with Crippen LogP contribution in [-0.4, -0.2) is 22.7 Å². The molecule has 0 unspecified atom stereocenters. The van der Waals surface area contributed by atoms with Gasteiger partial charge in [0, 0.05) is 21.9 Å². The van der Waals surface area contributed by atoms with Gasteiger partial charge < -0.3 is 9.90 Å². The van der Waals surface area contributed by atoms with Crippen LogP contribution in [0.1, 0.15) is 31.1 Å². The lowest BCUT2D eigenvalue weighted by molar-refractivity contribution is -0.384. The zero-order valence-corrected chi connectivity index (χ0v) is 15.9. The average molecular weight is 419 g/mol. The van der Waals surface area contributed by atoms with E-state index in [2.05, 4.69) is 0 Å². The number of imide groups is 1. The van der Waals surface area contributed by atoms with E-state index in [0.717, 1.165) is 20.8 Å². The molecule has 3 aromatic rings. The molecular formula is C21H11N2O6S-. The number of hydrogen-bond acceptors (Lipinski definition) is 7. The number of nitro benzene ring substituents is 1. The van der Waals surface area contributed by atoms with Crippen LogP contribution in [0.4, 0.5) is 11.4 Å². The average Bonchev–Trinajstić information content (AvgIpc) is 2.99. The number of non-ortho nitro benzene ring substituents is 1. The Balaban J connectivity index is 1.55. The van der Waals surface area contributed by atoms with E-state index in [0.29, 0.717) is 5.69 Å². The number of aromatic carboxylic acids is 1. The molecule has 4 rings (SSSR count). The predicted octanol–water partition coefficient (Wildman–Crippen LogP) is 2.91. The SMILES string of the molecule is O=C([O-])c1ccc2c(c1)C(=O)N(c1ccc(Sc3ccc([N+](=O)[O-])cc3)cc1)C2=O. The molecule has 0 fully saturated rings. The number of hydrogen-bond donors (Lipinski definition) is 0. The van der Waals surface area contributed by atoms with Crippen molar-refractivity contribution in [1.29, 1.82) is 0 Å². The predicted molar refractivity (Wildman–Crippen MR) is 106 cm³/mol. The first kappa shape index (κ1) is 19.3. The fourth-order valence-corrected chi connectivity index (χ4v) is 3.85. The van der Waals surface area contributed by atoms with Crippen LogP contribution in [0.25, 0.3) is 0 Å². The number of carboxylic acid groups (broad SMARTS) is 1. The van der Waals surface area contributed by atoms with Gasteiger partial charge in [-0.1, -0.05) is 17.8 Å². The fourth-order valence-electron chi connectivity index (χ4n) is 3.04. The van der Waals surface area contributed by atoms with Crippen LogP contribution in [0.15, 0.2) is 76.5 Å². The molecule has 0 saturated heterocycles. The highest BCUT2D eigenvalue weighted by molar-refractivity contribution is 7.99. The normalized spacial score (nSPS) is 12.7. The molecule has 0 spiro atoms. The number of nitrogens with zero attached hydrogens (tertiary/aromatic N) is 2. The van der Waals surface area contributed by atoms with Gasteiger partial charge in [-0.15, -0.1) is 0 Å². The van der Waals surface area contributed by atoms with E-state index in [4.69, 9.17) is 0 Å². The number of carbonyl (C=O) groups excluding carboxylic acids is 3. The molecule has 0 aromatic heterocycles. The van der Waals surface area contributed by atoms with Crippen LogP contribution in [-0.2, 0) is 0 Å². The third-order valence-electron chi connectivity index (χ3n) is 4.50. The lowest BCUT2D eigenvalue weighted by Gasteiger charge is -2.14. The molecule has 2 amide bonds. The number of anilines is 1. The molecule has 1 aliphatic heterocycles. The van der Waals surface area contributed by atoms with Crippen molar-refractivity contribution in [3.8, 4) is 0 Å². The Kier molecular flexibility index (Phi) is 4.80. The van der Waals surface area contributed by atoms with E-state index in [1.807, 2.05) is 0 Å². The van der Waals surface area contributed by atoms with Crippen LogP contribution in [0.2, 0.25) is 0 Å². The molecule has 1 heterocycles. The molecule has 0 atom stereocenters. The van der Waals surface area contributed by atoms with Gasteiger partial charge >= 0.3 is 0 Å². The quantitative estimate of drug-likeness (QED) is 0.354. The molecule has 3 aromatic carbocycles. The van der Waals surface area contributed by atoms with Gasteiger partial charge in [-0.05, 0) is 54.1 Å². The number of benzene rings is 3. The van der Waals surface area contributed by atoms with Gasteiger partial charge in [0.2, 0.25) is 0 Å². The topological polar surface area (TPSA) is 121 Å². The Labute approximate surface area is 173 Å². The smallest absolute Gasteiger partial charge is 0.269 e. The highest BCUT2D eigenvalue weighted by Crippen LogP contribution is 2.33. The zero-order valence-electron chi connectivity index (χ0n) is 15.1. The molecule has 148 valence electrons. The molecular weight excluding hydrogens is 408 g/mol. The third kappa shape index (κ3) is 3.42. The summed E-state index contributed by atoms with van der Waals surface area (Å²) in [5.74, 6) is -2.56. The van der Waals surface area contributed by atoms with Gasteiger partial charge in [-0.2, -0.15) is 0 Å². The van der Waals surface area contributed by atoms with Gasteiger partial charge in [0.05, 0.1) is 27.7 Å². The summed E-state index contributed by atoms with van der Waals surface area (Å²) in [5, 5.41) is 21.8. The summed E-state index contributed by atoms with van der Waals surface area (Å²) in [6.07, 6.45) is 0. The first-order chi connectivity index (χ1) is 14.3. The molecule has 8 nitrogen and oxygen atoms in total. The standard InChI is InChI=1S/C21H12N2O6S/c24-19-17-10-1-12(21(26)27)11-18(17)20(25)22(19)13-2-6-15(7-3-13)30-16-8-4-14(5-9-16)23(28)29/h1-11H,(H,26,27)/p-1. The maximum absolute atomic E-state index is 12.7. The summed E-state index contributed by atoms with van der Waals surface area (Å²) in [4.78, 5) is 49.2. The minimum Gasteiger partial charge on any atom is -0.545 e. The fraction of sp³-hybridized carbons (Fsp3) is 0. The molecule has 30 heavy (non-hydrogen) atoms. The molecule has 9 heteroatoms. The van der Waals surface area contributed by atoms with Crippen molar-refractivity contribution >= 4 is 40.9 Å². The van der Waals surface area contributed by atoms with E-state index in [1.165, 1.54) is 36.0 Å². The third-order valence-corrected chi connectivity index (χ3v) is 5.52. The number of nitro groups is 1. The molecule has 0 saturated carbocycles. The Morgan fingerprint density at radius 1 is 0.833 bits per heavy atom. The van der Waals surface area contributed by atoms with Crippen LogP contribution in [0.5, 0.6) is 0 Å². The lowest BCUT2D eigenvalue weighted by Crippen LogP contribution is -2.29. The number of amides is 2. The first-order valence-electron chi connectivity index (χ1n) is 8.62. The molecule has 0 bridgehead atoms. The van der Waals surface area contributed by atoms with Crippen molar-refractivity contribution in [2.24, 2.45) is 0 Å². The van der Waals surface area contributed by atoms with Gasteiger partial charge in [-0.25, -0.2) is 4.90 Å². The van der Waals surface area contributed by atoms with Crippen molar-refractivity contribution in [3.63, 3.8) is 0 Å². The maximum atomic E-state index is 12.7. The van der Waals surface area contributed by atoms with Crippen molar-refractivity contribution in [3.05, 3.63) is 93.5 Å². The monoisotopic (exact) mass is 419 g/mol. The van der Waals surface area contributed by atoms with Crippen LogP contribution in [0, 0.1) is 10.1 Å². The second kappa shape index (κ2) is 7.45. The maximum Gasteiger partial charge on any atom is 0.269 e. The van der Waals surface area contributed by atoms with Crippen molar-refractivity contribution in [1.82, 2.24) is 0 Å². The highest BCUT2D eigenvalue weighted by atomic mass is 32.2. The Morgan fingerprint density at radius 3 is 1.97 bits per heavy atom. The molecule has 0 aliphatic carbocycles. The van der Waals surface area contributed by atoms with Crippen molar-refractivity contribution < 1.29 is 24.4 Å². The summed E-state index contributed by atoms with van der Waals surface area (Å²) in [6, 6.07) is 16.4. The van der Waals surface area contributed by atoms with E-state index < -0.39 is 22.7 Å². The Morgan fingerprint density at radius 2 is 1.40 bits per heavy atom. The summed E-state index contributed by atoms with van der Waals surface area (Å²) in [5.41, 5.74) is 0.332. The van der Waals surface area contributed by atoms with Crippen LogP contribution in [0.3, 0.4) is 0 Å². The lowest BCUT2D eigenvalue weighted by atomic mass is 10.1. The summed E-state index contributed by atoms with van der Waals surface area (Å²) in [6.45, 7) is 0. The van der Waals surface area contributed by atoms with E-state index in [-0.39, 0.29) is 22.4 Å². The van der Waals surface area contributed by atoms with E-state index >= 15 is 0 Å². The second-order valence-corrected chi connectivity index (χ2v) is 7.49. The van der Waals surface area contributed by atoms with Crippen molar-refractivity contribution in [2.45, 2.75) is 9.79 Å². The largest absolute Gasteiger partial charge is 0.545 e. The summed E-state index contributed by atoms with van der Waals surface area (Å²) >= 11 is 1.37. The first-order valence-corrected chi connectivity index (χ1v) is 9.43. The number of fused-ring (bicyclic) bond motifs is 1. The Bertz CT molecular complexity index is 1210. The number of carbonyl (C=O) groups is 3. The molecule has 1 aliphatic rings. The van der Waals surface area contributed by atoms with E-state index in [9.17, 15) is 29.6 Å². The van der Waals surface area contributed by atoms with E-state index in [1.54, 1.807) is 36.4 Å². The minimum absolute atomic E-state index is 0.00200.